The summed E-state index contributed by atoms with van der Waals surface area (Å²) in [5.41, 5.74) is 1.36. The van der Waals surface area contributed by atoms with Crippen LogP contribution in [0.15, 0.2) is 18.2 Å². The molecule has 3 amide bonds. The molecule has 0 saturated carbocycles. The number of hydrogen-bond donors (Lipinski definition) is 0. The summed E-state index contributed by atoms with van der Waals surface area (Å²) in [5, 5.41) is 0. The molecule has 0 heterocycles. The lowest BCUT2D eigenvalue weighted by molar-refractivity contribution is -0.149. The molecule has 0 N–H and O–H groups in total. The Morgan fingerprint density at radius 1 is 0.952 bits per heavy atom. The van der Waals surface area contributed by atoms with Gasteiger partial charge in [-0.05, 0) is 18.4 Å². The van der Waals surface area contributed by atoms with E-state index in [0.29, 0.717) is 18.4 Å². The minimum atomic E-state index is -1.03. The molecule has 2 rings (SSSR count). The standard InChI is InChI=1S/C16H18NO4/c1-10(18)17(11(2)19,12(3)20)14-8-4-6-13-7-5-9-15(21)16(13)14/h4,6,8H,5,7,9H2,1-3H3/q+1. The molecule has 0 saturated heterocycles. The lowest BCUT2D eigenvalue weighted by atomic mass is 9.88. The summed E-state index contributed by atoms with van der Waals surface area (Å²) in [4.78, 5) is 48.8. The predicted octanol–water partition coefficient (Wildman–Crippen LogP) is 2.15. The Labute approximate surface area is 123 Å². The molecule has 1 aliphatic carbocycles. The minimum absolute atomic E-state index is 0.113. The number of hydrogen-bond acceptors (Lipinski definition) is 4. The number of quaternary nitrogens is 1. The number of Topliss-reactive ketones (excluding diaryl/α,β-unsaturated/α-hetero) is 1. The highest BCUT2D eigenvalue weighted by Crippen LogP contribution is 2.35. The van der Waals surface area contributed by atoms with Crippen LogP contribution in [0.25, 0.3) is 0 Å². The van der Waals surface area contributed by atoms with Crippen molar-refractivity contribution in [3.8, 4) is 0 Å². The van der Waals surface area contributed by atoms with Crippen LogP contribution in [0.5, 0.6) is 0 Å². The van der Waals surface area contributed by atoms with Crippen LogP contribution in [-0.4, -0.2) is 23.5 Å². The highest BCUT2D eigenvalue weighted by molar-refractivity contribution is 6.25. The third kappa shape index (κ3) is 2.14. The van der Waals surface area contributed by atoms with Gasteiger partial charge in [0.2, 0.25) is 0 Å². The molecule has 0 atom stereocenters. The van der Waals surface area contributed by atoms with Crippen molar-refractivity contribution in [3.05, 3.63) is 29.3 Å². The molecule has 1 aliphatic rings. The molecule has 0 fully saturated rings. The molecule has 0 spiro atoms. The van der Waals surface area contributed by atoms with E-state index in [1.165, 1.54) is 26.8 Å². The molecule has 0 aliphatic heterocycles. The van der Waals surface area contributed by atoms with Crippen LogP contribution in [0.4, 0.5) is 5.69 Å². The number of fused-ring (bicyclic) bond motifs is 1. The third-order valence-corrected chi connectivity index (χ3v) is 4.04. The van der Waals surface area contributed by atoms with E-state index >= 15 is 0 Å². The fourth-order valence-corrected chi connectivity index (χ4v) is 3.13. The van der Waals surface area contributed by atoms with Crippen LogP contribution < -0.4 is 4.48 Å². The predicted molar refractivity (Wildman–Crippen MR) is 77.5 cm³/mol. The van der Waals surface area contributed by atoms with E-state index in [1.807, 2.05) is 6.07 Å². The molecule has 1 aromatic rings. The molecular formula is C16H18NO4+. The van der Waals surface area contributed by atoms with Crippen LogP contribution in [0.1, 0.15) is 49.5 Å². The SMILES string of the molecule is CC(=O)[N+](C(C)=O)(C(C)=O)c1cccc2c1C(=O)CCC2. The van der Waals surface area contributed by atoms with E-state index in [1.54, 1.807) is 6.07 Å². The lowest BCUT2D eigenvalue weighted by Crippen LogP contribution is -2.60. The van der Waals surface area contributed by atoms with Gasteiger partial charge in [0, 0.05) is 12.5 Å². The Morgan fingerprint density at radius 2 is 1.52 bits per heavy atom. The molecule has 21 heavy (non-hydrogen) atoms. The lowest BCUT2D eigenvalue weighted by Gasteiger charge is -2.30. The van der Waals surface area contributed by atoms with Gasteiger partial charge in [-0.25, -0.2) is 14.4 Å². The van der Waals surface area contributed by atoms with Gasteiger partial charge in [0.15, 0.2) is 11.5 Å². The molecule has 5 heteroatoms. The third-order valence-electron chi connectivity index (χ3n) is 4.04. The smallest absolute Gasteiger partial charge is 0.294 e. The molecule has 0 radical (unpaired) electrons. The fourth-order valence-electron chi connectivity index (χ4n) is 3.13. The monoisotopic (exact) mass is 288 g/mol. The Bertz CT molecular complexity index is 624. The normalized spacial score (nSPS) is 14.5. The summed E-state index contributed by atoms with van der Waals surface area (Å²) < 4.78 is -1.03. The van der Waals surface area contributed by atoms with Crippen LogP contribution >= 0.6 is 0 Å². The zero-order valence-electron chi connectivity index (χ0n) is 12.4. The fraction of sp³-hybridized carbons (Fsp3) is 0.375. The minimum Gasteiger partial charge on any atom is -0.294 e. The molecule has 5 nitrogen and oxygen atoms in total. The molecular weight excluding hydrogens is 270 g/mol. The molecule has 0 bridgehead atoms. The number of amides is 3. The van der Waals surface area contributed by atoms with Crippen molar-refractivity contribution in [2.24, 2.45) is 0 Å². The highest BCUT2D eigenvalue weighted by Gasteiger charge is 2.50. The maximum Gasteiger partial charge on any atom is 0.330 e. The van der Waals surface area contributed by atoms with Gasteiger partial charge >= 0.3 is 17.7 Å². The zero-order chi connectivity index (χ0) is 15.8. The van der Waals surface area contributed by atoms with Crippen molar-refractivity contribution in [2.75, 3.05) is 0 Å². The van der Waals surface area contributed by atoms with Gasteiger partial charge in [0.05, 0.1) is 26.3 Å². The van der Waals surface area contributed by atoms with Gasteiger partial charge in [0.1, 0.15) is 0 Å². The van der Waals surface area contributed by atoms with Crippen molar-refractivity contribution >= 4 is 29.2 Å². The van der Waals surface area contributed by atoms with Gasteiger partial charge in [-0.1, -0.05) is 12.1 Å². The first kappa shape index (κ1) is 15.3. The second kappa shape index (κ2) is 5.33. The summed E-state index contributed by atoms with van der Waals surface area (Å²) in [5.74, 6) is -1.90. The first-order valence-corrected chi connectivity index (χ1v) is 6.91. The second-order valence-electron chi connectivity index (χ2n) is 5.32. The number of ketones is 1. The Morgan fingerprint density at radius 3 is 2.05 bits per heavy atom. The van der Waals surface area contributed by atoms with Crippen LogP contribution in [0.3, 0.4) is 0 Å². The van der Waals surface area contributed by atoms with Gasteiger partial charge in [-0.2, -0.15) is 0 Å². The topological polar surface area (TPSA) is 68.3 Å². The first-order valence-electron chi connectivity index (χ1n) is 6.91. The second-order valence-corrected chi connectivity index (χ2v) is 5.32. The first-order chi connectivity index (χ1) is 9.83. The van der Waals surface area contributed by atoms with Crippen molar-refractivity contribution < 1.29 is 19.2 Å². The van der Waals surface area contributed by atoms with Gasteiger partial charge < -0.3 is 0 Å². The average molecular weight is 288 g/mol. The van der Waals surface area contributed by atoms with Crippen molar-refractivity contribution in [2.45, 2.75) is 40.0 Å². The van der Waals surface area contributed by atoms with Crippen LogP contribution in [0, 0.1) is 0 Å². The van der Waals surface area contributed by atoms with Crippen LogP contribution in [-0.2, 0) is 20.8 Å². The molecule has 110 valence electrons. The maximum absolute atomic E-state index is 12.3. The molecule has 0 unspecified atom stereocenters. The Kier molecular flexibility index (Phi) is 3.87. The van der Waals surface area contributed by atoms with E-state index < -0.39 is 22.2 Å². The van der Waals surface area contributed by atoms with Gasteiger partial charge in [0.25, 0.3) is 0 Å². The van der Waals surface area contributed by atoms with E-state index in [-0.39, 0.29) is 11.5 Å². The molecule has 0 aromatic heterocycles. The number of carbonyl (C=O) groups excluding carboxylic acids is 4. The largest absolute Gasteiger partial charge is 0.330 e. The maximum atomic E-state index is 12.3. The Hall–Kier alpha value is -2.14. The number of carbonyl (C=O) groups is 4. The van der Waals surface area contributed by atoms with Crippen molar-refractivity contribution in [1.29, 1.82) is 0 Å². The number of benzene rings is 1. The number of aryl methyl sites for hydroxylation is 1. The number of nitrogens with zero attached hydrogens (tertiary/aromatic N) is 1. The molecule has 1 aromatic carbocycles. The zero-order valence-corrected chi connectivity index (χ0v) is 12.4. The quantitative estimate of drug-likeness (QED) is 0.743. The van der Waals surface area contributed by atoms with E-state index in [9.17, 15) is 19.2 Å². The van der Waals surface area contributed by atoms with E-state index in [0.717, 1.165) is 12.0 Å². The van der Waals surface area contributed by atoms with E-state index in [4.69, 9.17) is 0 Å². The van der Waals surface area contributed by atoms with Crippen LogP contribution in [0.2, 0.25) is 0 Å². The summed E-state index contributed by atoms with van der Waals surface area (Å²) >= 11 is 0. The summed E-state index contributed by atoms with van der Waals surface area (Å²) in [7, 11) is 0. The van der Waals surface area contributed by atoms with E-state index in [2.05, 4.69) is 0 Å². The van der Waals surface area contributed by atoms with Crippen molar-refractivity contribution in [3.63, 3.8) is 0 Å². The Balaban J connectivity index is 2.85. The van der Waals surface area contributed by atoms with Gasteiger partial charge in [-0.15, -0.1) is 4.48 Å². The van der Waals surface area contributed by atoms with Crippen molar-refractivity contribution in [1.82, 2.24) is 4.48 Å². The highest BCUT2D eigenvalue weighted by atomic mass is 16.2. The summed E-state index contributed by atoms with van der Waals surface area (Å²) in [6.45, 7) is 3.61. The number of imide groups is 3. The van der Waals surface area contributed by atoms with Gasteiger partial charge in [-0.3, -0.25) is 4.79 Å². The average Bonchev–Trinajstić information content (AvgIpc) is 2.38. The number of rotatable bonds is 1. The summed E-state index contributed by atoms with van der Waals surface area (Å²) in [6, 6.07) is 5.03. The summed E-state index contributed by atoms with van der Waals surface area (Å²) in [6.07, 6.45) is 1.83.